The number of oxazole rings is 1. The van der Waals surface area contributed by atoms with Gasteiger partial charge in [0.05, 0.1) is 38.5 Å². The SMILES string of the molecule is COc1ccc(C(C)=O)c(OCC2CN(C(=O)CCn3c(=O)oc4ccccc43)CCO2)c1OC. The number of nitrogens with zero attached hydrogens (tertiary/aromatic N) is 2. The van der Waals surface area contributed by atoms with Gasteiger partial charge in [-0.2, -0.15) is 0 Å². The minimum atomic E-state index is -0.485. The van der Waals surface area contributed by atoms with Gasteiger partial charge >= 0.3 is 5.76 Å². The molecule has 2 aromatic carbocycles. The molecule has 1 unspecified atom stereocenters. The zero-order valence-electron chi connectivity index (χ0n) is 19.9. The lowest BCUT2D eigenvalue weighted by Crippen LogP contribution is -2.47. The molecule has 186 valence electrons. The largest absolute Gasteiger partial charge is 0.493 e. The van der Waals surface area contributed by atoms with E-state index in [4.69, 9.17) is 23.4 Å². The van der Waals surface area contributed by atoms with E-state index in [9.17, 15) is 14.4 Å². The van der Waals surface area contributed by atoms with E-state index in [1.807, 2.05) is 6.07 Å². The Balaban J connectivity index is 1.40. The van der Waals surface area contributed by atoms with Crippen LogP contribution < -0.4 is 20.0 Å². The first-order valence-corrected chi connectivity index (χ1v) is 11.3. The second-order valence-corrected chi connectivity index (χ2v) is 8.11. The van der Waals surface area contributed by atoms with Crippen LogP contribution in [0.2, 0.25) is 0 Å². The van der Waals surface area contributed by atoms with Crippen molar-refractivity contribution in [2.75, 3.05) is 40.5 Å². The van der Waals surface area contributed by atoms with Crippen LogP contribution >= 0.6 is 0 Å². The number of amides is 1. The van der Waals surface area contributed by atoms with E-state index in [-0.39, 0.29) is 37.0 Å². The monoisotopic (exact) mass is 484 g/mol. The average molecular weight is 485 g/mol. The molecule has 1 aliphatic rings. The number of hydrogen-bond donors (Lipinski definition) is 0. The average Bonchev–Trinajstić information content (AvgIpc) is 3.19. The summed E-state index contributed by atoms with van der Waals surface area (Å²) in [6, 6.07) is 10.4. The molecule has 1 aromatic heterocycles. The van der Waals surface area contributed by atoms with Crippen LogP contribution in [-0.2, 0) is 16.1 Å². The molecule has 0 saturated carbocycles. The summed E-state index contributed by atoms with van der Waals surface area (Å²) in [5.74, 6) is 0.277. The number of hydrogen-bond acceptors (Lipinski definition) is 8. The molecule has 10 nitrogen and oxygen atoms in total. The number of para-hydroxylation sites is 2. The number of ketones is 1. The molecule has 0 aliphatic carbocycles. The van der Waals surface area contributed by atoms with Crippen LogP contribution in [0.15, 0.2) is 45.6 Å². The molecule has 4 rings (SSSR count). The van der Waals surface area contributed by atoms with E-state index >= 15 is 0 Å². The minimum Gasteiger partial charge on any atom is -0.493 e. The van der Waals surface area contributed by atoms with Crippen molar-refractivity contribution >= 4 is 22.8 Å². The summed E-state index contributed by atoms with van der Waals surface area (Å²) in [7, 11) is 2.98. The second-order valence-electron chi connectivity index (χ2n) is 8.11. The number of Topliss-reactive ketones (excluding diaryl/α,β-unsaturated/α-hetero) is 1. The van der Waals surface area contributed by atoms with Crippen molar-refractivity contribution in [2.24, 2.45) is 0 Å². The first-order chi connectivity index (χ1) is 16.9. The van der Waals surface area contributed by atoms with Crippen LogP contribution in [0.25, 0.3) is 11.1 Å². The molecule has 0 bridgehead atoms. The van der Waals surface area contributed by atoms with E-state index < -0.39 is 11.9 Å². The summed E-state index contributed by atoms with van der Waals surface area (Å²) in [6.07, 6.45) is -0.254. The molecule has 1 saturated heterocycles. The van der Waals surface area contributed by atoms with Gasteiger partial charge in [-0.1, -0.05) is 12.1 Å². The molecule has 0 N–H and O–H groups in total. The lowest BCUT2D eigenvalue weighted by Gasteiger charge is -2.33. The second kappa shape index (κ2) is 10.6. The molecule has 3 aromatic rings. The van der Waals surface area contributed by atoms with Crippen molar-refractivity contribution in [2.45, 2.75) is 26.0 Å². The number of benzene rings is 2. The Bertz CT molecular complexity index is 1280. The summed E-state index contributed by atoms with van der Waals surface area (Å²) in [5.41, 5.74) is 1.52. The summed E-state index contributed by atoms with van der Waals surface area (Å²) in [6.45, 7) is 2.89. The van der Waals surface area contributed by atoms with Gasteiger partial charge in [-0.25, -0.2) is 4.79 Å². The van der Waals surface area contributed by atoms with Gasteiger partial charge in [0, 0.05) is 19.5 Å². The van der Waals surface area contributed by atoms with E-state index in [1.54, 1.807) is 35.2 Å². The van der Waals surface area contributed by atoms with Gasteiger partial charge < -0.3 is 28.3 Å². The zero-order chi connectivity index (χ0) is 24.9. The normalized spacial score (nSPS) is 15.7. The Morgan fingerprint density at radius 2 is 1.89 bits per heavy atom. The predicted octanol–water partition coefficient (Wildman–Crippen LogP) is 2.51. The molecule has 1 aliphatic heterocycles. The van der Waals surface area contributed by atoms with E-state index in [2.05, 4.69) is 0 Å². The quantitative estimate of drug-likeness (QED) is 0.426. The third-order valence-electron chi connectivity index (χ3n) is 5.91. The maximum absolute atomic E-state index is 12.9. The number of carbonyl (C=O) groups excluding carboxylic acids is 2. The first-order valence-electron chi connectivity index (χ1n) is 11.3. The first kappa shape index (κ1) is 24.3. The van der Waals surface area contributed by atoms with Crippen LogP contribution in [0.1, 0.15) is 23.7 Å². The number of fused-ring (bicyclic) bond motifs is 1. The van der Waals surface area contributed by atoms with Gasteiger partial charge in [0.2, 0.25) is 11.7 Å². The molecular weight excluding hydrogens is 456 g/mol. The Labute approximate surface area is 201 Å². The van der Waals surface area contributed by atoms with Gasteiger partial charge in [0.25, 0.3) is 0 Å². The highest BCUT2D eigenvalue weighted by molar-refractivity contribution is 5.98. The van der Waals surface area contributed by atoms with Gasteiger partial charge in [-0.15, -0.1) is 0 Å². The van der Waals surface area contributed by atoms with Crippen molar-refractivity contribution in [3.63, 3.8) is 0 Å². The maximum Gasteiger partial charge on any atom is 0.419 e. The number of aromatic nitrogens is 1. The molecule has 35 heavy (non-hydrogen) atoms. The van der Waals surface area contributed by atoms with Crippen molar-refractivity contribution in [1.82, 2.24) is 9.47 Å². The van der Waals surface area contributed by atoms with Gasteiger partial charge in [-0.05, 0) is 31.2 Å². The Hall–Kier alpha value is -3.79. The zero-order valence-corrected chi connectivity index (χ0v) is 19.9. The van der Waals surface area contributed by atoms with Crippen LogP contribution in [0.4, 0.5) is 0 Å². The summed E-state index contributed by atoms with van der Waals surface area (Å²) >= 11 is 0. The van der Waals surface area contributed by atoms with Gasteiger partial charge in [-0.3, -0.25) is 14.2 Å². The lowest BCUT2D eigenvalue weighted by molar-refractivity contribution is -0.140. The smallest absolute Gasteiger partial charge is 0.419 e. The lowest BCUT2D eigenvalue weighted by atomic mass is 10.1. The maximum atomic E-state index is 12.9. The van der Waals surface area contributed by atoms with E-state index in [1.165, 1.54) is 25.7 Å². The number of morpholine rings is 1. The van der Waals surface area contributed by atoms with Crippen molar-refractivity contribution in [3.8, 4) is 17.2 Å². The van der Waals surface area contributed by atoms with Crippen molar-refractivity contribution < 1.29 is 33.0 Å². The fourth-order valence-corrected chi connectivity index (χ4v) is 4.13. The molecule has 0 spiro atoms. The highest BCUT2D eigenvalue weighted by Crippen LogP contribution is 2.40. The summed E-state index contributed by atoms with van der Waals surface area (Å²) in [5, 5.41) is 0. The fourth-order valence-electron chi connectivity index (χ4n) is 4.13. The fraction of sp³-hybridized carbons (Fsp3) is 0.400. The van der Waals surface area contributed by atoms with Crippen molar-refractivity contribution in [3.05, 3.63) is 52.5 Å². The highest BCUT2D eigenvalue weighted by Gasteiger charge is 2.27. The number of ether oxygens (including phenoxy) is 4. The van der Waals surface area contributed by atoms with Gasteiger partial charge in [0.15, 0.2) is 22.9 Å². The van der Waals surface area contributed by atoms with Crippen LogP contribution in [0.3, 0.4) is 0 Å². The number of methoxy groups -OCH3 is 2. The molecule has 1 amide bonds. The van der Waals surface area contributed by atoms with E-state index in [0.29, 0.717) is 47.9 Å². The Morgan fingerprint density at radius 1 is 1.09 bits per heavy atom. The number of rotatable bonds is 9. The van der Waals surface area contributed by atoms with Gasteiger partial charge in [0.1, 0.15) is 12.7 Å². The third-order valence-corrected chi connectivity index (χ3v) is 5.91. The highest BCUT2D eigenvalue weighted by atomic mass is 16.6. The topological polar surface area (TPSA) is 109 Å². The molecule has 1 fully saturated rings. The third kappa shape index (κ3) is 5.17. The summed E-state index contributed by atoms with van der Waals surface area (Å²) in [4.78, 5) is 38.9. The number of carbonyl (C=O) groups is 2. The standard InChI is InChI=1S/C25H28N2O8/c1-16(28)18-8-9-21(31-2)24(32-3)23(18)34-15-17-14-26(12-13-33-17)22(29)10-11-27-19-6-4-5-7-20(19)35-25(27)30/h4-9,17H,10-15H2,1-3H3. The summed E-state index contributed by atoms with van der Waals surface area (Å²) < 4.78 is 29.2. The Morgan fingerprint density at radius 3 is 2.63 bits per heavy atom. The number of aryl methyl sites for hydroxylation is 1. The predicted molar refractivity (Wildman–Crippen MR) is 126 cm³/mol. The van der Waals surface area contributed by atoms with Crippen LogP contribution in [-0.4, -0.2) is 67.8 Å². The Kier molecular flexibility index (Phi) is 7.40. The molecule has 2 heterocycles. The van der Waals surface area contributed by atoms with E-state index in [0.717, 1.165) is 0 Å². The van der Waals surface area contributed by atoms with Crippen LogP contribution in [0.5, 0.6) is 17.2 Å². The van der Waals surface area contributed by atoms with Crippen LogP contribution in [0, 0.1) is 0 Å². The molecule has 0 radical (unpaired) electrons. The molecule has 1 atom stereocenters. The minimum absolute atomic E-state index is 0.0983. The van der Waals surface area contributed by atoms with Crippen molar-refractivity contribution in [1.29, 1.82) is 0 Å². The molecular formula is C25H28N2O8. The molecule has 10 heteroatoms.